The Kier molecular flexibility index (Phi) is 6.65. The van der Waals surface area contributed by atoms with Crippen molar-refractivity contribution in [2.45, 2.75) is 30.7 Å². The zero-order valence-electron chi connectivity index (χ0n) is 14.2. The lowest BCUT2D eigenvalue weighted by Crippen LogP contribution is -2.29. The molecule has 1 fully saturated rings. The summed E-state index contributed by atoms with van der Waals surface area (Å²) in [7, 11) is 0. The van der Waals surface area contributed by atoms with Crippen LogP contribution in [-0.2, 0) is 11.3 Å². The number of nitrogens with one attached hydrogen (secondary N) is 1. The fourth-order valence-electron chi connectivity index (χ4n) is 2.91. The van der Waals surface area contributed by atoms with Crippen molar-refractivity contribution < 1.29 is 4.79 Å². The molecule has 132 valence electrons. The van der Waals surface area contributed by atoms with Crippen LogP contribution in [0.25, 0.3) is 0 Å². The van der Waals surface area contributed by atoms with E-state index in [2.05, 4.69) is 34.5 Å². The number of piperidine rings is 1. The summed E-state index contributed by atoms with van der Waals surface area (Å²) in [5.41, 5.74) is 2.42. The minimum absolute atomic E-state index is 0.0417. The molecule has 1 heterocycles. The van der Waals surface area contributed by atoms with Gasteiger partial charge in [-0.25, -0.2) is 0 Å². The van der Waals surface area contributed by atoms with E-state index in [1.54, 1.807) is 0 Å². The average Bonchev–Trinajstić information content (AvgIpc) is 2.67. The number of carbonyl (C=O) groups is 1. The molecule has 25 heavy (non-hydrogen) atoms. The molecule has 5 heteroatoms. The highest BCUT2D eigenvalue weighted by molar-refractivity contribution is 8.00. The van der Waals surface area contributed by atoms with Gasteiger partial charge < -0.3 is 10.2 Å². The van der Waals surface area contributed by atoms with Crippen LogP contribution < -0.4 is 10.2 Å². The Morgan fingerprint density at radius 2 is 1.68 bits per heavy atom. The number of thioether (sulfide) groups is 1. The highest BCUT2D eigenvalue weighted by Crippen LogP contribution is 2.21. The fourth-order valence-corrected chi connectivity index (χ4v) is 3.76. The summed E-state index contributed by atoms with van der Waals surface area (Å²) >= 11 is 7.38. The first-order valence-electron chi connectivity index (χ1n) is 8.70. The Morgan fingerprint density at radius 3 is 2.36 bits per heavy atom. The van der Waals surface area contributed by atoms with Gasteiger partial charge in [-0.2, -0.15) is 0 Å². The maximum absolute atomic E-state index is 12.0. The van der Waals surface area contributed by atoms with Gasteiger partial charge in [-0.05, 0) is 61.2 Å². The Hall–Kier alpha value is -1.65. The zero-order chi connectivity index (χ0) is 17.5. The summed E-state index contributed by atoms with van der Waals surface area (Å²) in [6, 6.07) is 16.1. The summed E-state index contributed by atoms with van der Waals surface area (Å²) in [5.74, 6) is 0.452. The van der Waals surface area contributed by atoms with Gasteiger partial charge in [0.1, 0.15) is 0 Å². The van der Waals surface area contributed by atoms with E-state index >= 15 is 0 Å². The molecular weight excluding hydrogens is 352 g/mol. The number of nitrogens with zero attached hydrogens (tertiary/aromatic N) is 1. The van der Waals surface area contributed by atoms with Crippen LogP contribution in [0.1, 0.15) is 24.8 Å². The van der Waals surface area contributed by atoms with Crippen molar-refractivity contribution >= 4 is 35.0 Å². The normalized spacial score (nSPS) is 14.4. The maximum Gasteiger partial charge on any atom is 0.230 e. The van der Waals surface area contributed by atoms with Crippen LogP contribution in [0.3, 0.4) is 0 Å². The lowest BCUT2D eigenvalue weighted by atomic mass is 10.1. The molecule has 1 aliphatic heterocycles. The molecule has 0 radical (unpaired) electrons. The van der Waals surface area contributed by atoms with E-state index in [9.17, 15) is 4.79 Å². The van der Waals surface area contributed by atoms with Gasteiger partial charge in [0.2, 0.25) is 5.91 Å². The van der Waals surface area contributed by atoms with Gasteiger partial charge in [-0.3, -0.25) is 4.79 Å². The lowest BCUT2D eigenvalue weighted by Gasteiger charge is -2.28. The SMILES string of the molecule is O=C(CSc1ccc(Cl)cc1)NCc1ccc(N2CCCCC2)cc1. The van der Waals surface area contributed by atoms with E-state index in [4.69, 9.17) is 11.6 Å². The second-order valence-corrected chi connectivity index (χ2v) is 7.72. The molecule has 0 saturated carbocycles. The zero-order valence-corrected chi connectivity index (χ0v) is 15.8. The Labute approximate surface area is 158 Å². The second kappa shape index (κ2) is 9.16. The molecule has 1 amide bonds. The van der Waals surface area contributed by atoms with Gasteiger partial charge in [0.25, 0.3) is 0 Å². The van der Waals surface area contributed by atoms with Crippen molar-refractivity contribution in [2.24, 2.45) is 0 Å². The predicted octanol–water partition coefficient (Wildman–Crippen LogP) is 4.74. The van der Waals surface area contributed by atoms with E-state index in [0.717, 1.165) is 23.5 Å². The standard InChI is InChI=1S/C20H23ClN2OS/c21-17-6-10-19(11-7-17)25-15-20(24)22-14-16-4-8-18(9-5-16)23-12-2-1-3-13-23/h4-11H,1-3,12-15H2,(H,22,24). The Morgan fingerprint density at radius 1 is 1.00 bits per heavy atom. The average molecular weight is 375 g/mol. The molecular formula is C20H23ClN2OS. The highest BCUT2D eigenvalue weighted by Gasteiger charge is 2.10. The smallest absolute Gasteiger partial charge is 0.230 e. The van der Waals surface area contributed by atoms with Crippen LogP contribution in [-0.4, -0.2) is 24.7 Å². The lowest BCUT2D eigenvalue weighted by molar-refractivity contribution is -0.118. The Balaban J connectivity index is 1.43. The minimum Gasteiger partial charge on any atom is -0.372 e. The number of benzene rings is 2. The molecule has 2 aromatic rings. The van der Waals surface area contributed by atoms with E-state index in [-0.39, 0.29) is 5.91 Å². The topological polar surface area (TPSA) is 32.3 Å². The maximum atomic E-state index is 12.0. The van der Waals surface area contributed by atoms with Gasteiger partial charge in [-0.15, -0.1) is 11.8 Å². The first-order valence-corrected chi connectivity index (χ1v) is 10.1. The van der Waals surface area contributed by atoms with E-state index < -0.39 is 0 Å². The number of halogens is 1. The summed E-state index contributed by atoms with van der Waals surface area (Å²) in [6.45, 7) is 2.87. The third-order valence-electron chi connectivity index (χ3n) is 4.33. The van der Waals surface area contributed by atoms with Gasteiger partial charge >= 0.3 is 0 Å². The molecule has 1 aliphatic rings. The van der Waals surface area contributed by atoms with E-state index in [1.807, 2.05) is 24.3 Å². The number of hydrogen-bond acceptors (Lipinski definition) is 3. The van der Waals surface area contributed by atoms with Gasteiger partial charge in [0, 0.05) is 35.2 Å². The van der Waals surface area contributed by atoms with Crippen molar-refractivity contribution in [1.82, 2.24) is 5.32 Å². The molecule has 0 bridgehead atoms. The van der Waals surface area contributed by atoms with Crippen LogP contribution in [0.4, 0.5) is 5.69 Å². The molecule has 3 rings (SSSR count). The molecule has 0 spiro atoms. The number of anilines is 1. The van der Waals surface area contributed by atoms with Crippen LogP contribution in [0.5, 0.6) is 0 Å². The number of carbonyl (C=O) groups excluding carboxylic acids is 1. The van der Waals surface area contributed by atoms with E-state index in [1.165, 1.54) is 36.7 Å². The molecule has 0 aromatic heterocycles. The summed E-state index contributed by atoms with van der Waals surface area (Å²) in [5, 5.41) is 3.69. The van der Waals surface area contributed by atoms with Crippen molar-refractivity contribution in [3.63, 3.8) is 0 Å². The molecule has 0 aliphatic carbocycles. The van der Waals surface area contributed by atoms with Gasteiger partial charge in [-0.1, -0.05) is 23.7 Å². The van der Waals surface area contributed by atoms with Crippen LogP contribution in [0, 0.1) is 0 Å². The van der Waals surface area contributed by atoms with E-state index in [0.29, 0.717) is 17.3 Å². The Bertz CT molecular complexity index is 682. The third-order valence-corrected chi connectivity index (χ3v) is 5.59. The third kappa shape index (κ3) is 5.68. The largest absolute Gasteiger partial charge is 0.372 e. The second-order valence-electron chi connectivity index (χ2n) is 6.23. The van der Waals surface area contributed by atoms with Crippen molar-refractivity contribution in [1.29, 1.82) is 0 Å². The fraction of sp³-hybridized carbons (Fsp3) is 0.350. The first-order chi connectivity index (χ1) is 12.2. The summed E-state index contributed by atoms with van der Waals surface area (Å²) in [6.07, 6.45) is 3.90. The minimum atomic E-state index is 0.0417. The van der Waals surface area contributed by atoms with Gasteiger partial charge in [0.05, 0.1) is 5.75 Å². The molecule has 1 N–H and O–H groups in total. The van der Waals surface area contributed by atoms with Crippen molar-refractivity contribution in [3.8, 4) is 0 Å². The highest BCUT2D eigenvalue weighted by atomic mass is 35.5. The molecule has 2 aromatic carbocycles. The molecule has 1 saturated heterocycles. The number of hydrogen-bond donors (Lipinski definition) is 1. The van der Waals surface area contributed by atoms with Crippen LogP contribution in [0.2, 0.25) is 5.02 Å². The van der Waals surface area contributed by atoms with Crippen LogP contribution in [0.15, 0.2) is 53.4 Å². The first kappa shape index (κ1) is 18.2. The summed E-state index contributed by atoms with van der Waals surface area (Å²) < 4.78 is 0. The quantitative estimate of drug-likeness (QED) is 0.741. The monoisotopic (exact) mass is 374 g/mol. The molecule has 0 atom stereocenters. The van der Waals surface area contributed by atoms with Crippen LogP contribution >= 0.6 is 23.4 Å². The summed E-state index contributed by atoms with van der Waals surface area (Å²) in [4.78, 5) is 15.5. The van der Waals surface area contributed by atoms with Gasteiger partial charge in [0.15, 0.2) is 0 Å². The number of amides is 1. The van der Waals surface area contributed by atoms with Crippen molar-refractivity contribution in [2.75, 3.05) is 23.7 Å². The molecule has 3 nitrogen and oxygen atoms in total. The number of rotatable bonds is 6. The van der Waals surface area contributed by atoms with Crippen molar-refractivity contribution in [3.05, 3.63) is 59.1 Å². The predicted molar refractivity (Wildman–Crippen MR) is 107 cm³/mol. The molecule has 0 unspecified atom stereocenters.